The molecule has 1 aliphatic carbocycles. The van der Waals surface area contributed by atoms with Crippen molar-refractivity contribution in [1.82, 2.24) is 0 Å². The van der Waals surface area contributed by atoms with Gasteiger partial charge < -0.3 is 4.74 Å². The third-order valence-electron chi connectivity index (χ3n) is 4.10. The molecule has 0 saturated heterocycles. The van der Waals surface area contributed by atoms with Crippen LogP contribution in [-0.2, 0) is 20.2 Å². The molecule has 3 nitrogen and oxygen atoms in total. The monoisotopic (exact) mass is 330 g/mol. The summed E-state index contributed by atoms with van der Waals surface area (Å²) in [6.07, 6.45) is 5.03. The van der Waals surface area contributed by atoms with Gasteiger partial charge in [0, 0.05) is 17.3 Å². The smallest absolute Gasteiger partial charge is 0.232 e. The van der Waals surface area contributed by atoms with E-state index >= 15 is 0 Å². The number of rotatable bonds is 7. The lowest BCUT2D eigenvalue weighted by Crippen LogP contribution is -2.15. The Morgan fingerprint density at radius 2 is 2.10 bits per heavy atom. The highest BCUT2D eigenvalue weighted by atomic mass is 35.7. The Kier molecular flexibility index (Phi) is 6.08. The molecule has 0 aromatic heterocycles. The van der Waals surface area contributed by atoms with Crippen LogP contribution in [0, 0.1) is 5.92 Å². The number of halogens is 1. The van der Waals surface area contributed by atoms with Gasteiger partial charge in [0.2, 0.25) is 9.05 Å². The van der Waals surface area contributed by atoms with E-state index in [-0.39, 0.29) is 11.9 Å². The highest BCUT2D eigenvalue weighted by molar-refractivity contribution is 8.13. The minimum absolute atomic E-state index is 0.0436. The summed E-state index contributed by atoms with van der Waals surface area (Å²) < 4.78 is 27.9. The maximum Gasteiger partial charge on any atom is 0.232 e. The lowest BCUT2D eigenvalue weighted by atomic mass is 9.89. The first-order valence-corrected chi connectivity index (χ1v) is 10.1. The number of aryl methyl sites for hydroxylation is 1. The van der Waals surface area contributed by atoms with Crippen LogP contribution in [0.1, 0.15) is 49.8 Å². The summed E-state index contributed by atoms with van der Waals surface area (Å²) in [6, 6.07) is 8.48. The van der Waals surface area contributed by atoms with Crippen molar-refractivity contribution in [2.75, 3.05) is 12.4 Å². The second-order valence-electron chi connectivity index (χ2n) is 5.88. The molecular formula is C16H23ClO3S. The topological polar surface area (TPSA) is 43.4 Å². The van der Waals surface area contributed by atoms with Crippen molar-refractivity contribution in [1.29, 1.82) is 0 Å². The van der Waals surface area contributed by atoms with Crippen LogP contribution in [0.5, 0.6) is 0 Å². The molecule has 0 bridgehead atoms. The van der Waals surface area contributed by atoms with Gasteiger partial charge in [-0.3, -0.25) is 0 Å². The predicted molar refractivity (Wildman–Crippen MR) is 86.1 cm³/mol. The lowest BCUT2D eigenvalue weighted by Gasteiger charge is -2.26. The summed E-state index contributed by atoms with van der Waals surface area (Å²) in [6.45, 7) is 2.71. The molecule has 2 atom stereocenters. The van der Waals surface area contributed by atoms with E-state index in [1.165, 1.54) is 17.5 Å². The number of ether oxygens (including phenoxy) is 1. The first kappa shape index (κ1) is 16.8. The largest absolute Gasteiger partial charge is 0.374 e. The normalized spacial score (nSPS) is 20.0. The highest BCUT2D eigenvalue weighted by Gasteiger charge is 2.20. The van der Waals surface area contributed by atoms with E-state index in [1.807, 2.05) is 6.92 Å². The average molecular weight is 331 g/mol. The average Bonchev–Trinajstić information content (AvgIpc) is 2.45. The minimum atomic E-state index is -3.37. The molecule has 0 aliphatic heterocycles. The van der Waals surface area contributed by atoms with Crippen molar-refractivity contribution in [3.63, 3.8) is 0 Å². The molecule has 0 saturated carbocycles. The Hall–Kier alpha value is -0.580. The Balaban J connectivity index is 1.77. The number of hydrogen-bond donors (Lipinski definition) is 0. The molecule has 0 spiro atoms. The van der Waals surface area contributed by atoms with Gasteiger partial charge in [0.25, 0.3) is 0 Å². The Bertz CT molecular complexity index is 556. The summed E-state index contributed by atoms with van der Waals surface area (Å²) in [7, 11) is 1.86. The SMILES string of the molecule is CC(CCOC1CCCc2ccccc21)CCS(=O)(=O)Cl. The fourth-order valence-corrected chi connectivity index (χ4v) is 3.73. The predicted octanol–water partition coefficient (Wildman–Crippen LogP) is 4.07. The van der Waals surface area contributed by atoms with E-state index in [2.05, 4.69) is 24.3 Å². The van der Waals surface area contributed by atoms with E-state index in [4.69, 9.17) is 15.4 Å². The van der Waals surface area contributed by atoms with Gasteiger partial charge in [-0.1, -0.05) is 31.2 Å². The van der Waals surface area contributed by atoms with Crippen molar-refractivity contribution in [2.45, 2.75) is 45.1 Å². The fourth-order valence-electron chi connectivity index (χ4n) is 2.78. The molecule has 5 heteroatoms. The van der Waals surface area contributed by atoms with Crippen molar-refractivity contribution in [2.24, 2.45) is 5.92 Å². The van der Waals surface area contributed by atoms with Crippen LogP contribution in [0.25, 0.3) is 0 Å². The number of hydrogen-bond acceptors (Lipinski definition) is 3. The summed E-state index contributed by atoms with van der Waals surface area (Å²) in [5, 5.41) is 0. The third-order valence-corrected chi connectivity index (χ3v) is 5.28. The van der Waals surface area contributed by atoms with E-state index in [0.717, 1.165) is 19.3 Å². The van der Waals surface area contributed by atoms with Crippen LogP contribution in [0.2, 0.25) is 0 Å². The Labute approximate surface area is 132 Å². The van der Waals surface area contributed by atoms with Crippen LogP contribution >= 0.6 is 10.7 Å². The molecule has 0 radical (unpaired) electrons. The molecule has 1 aromatic carbocycles. The van der Waals surface area contributed by atoms with Crippen LogP contribution < -0.4 is 0 Å². The Morgan fingerprint density at radius 3 is 2.86 bits per heavy atom. The van der Waals surface area contributed by atoms with Gasteiger partial charge in [0.1, 0.15) is 0 Å². The quantitative estimate of drug-likeness (QED) is 0.708. The molecule has 21 heavy (non-hydrogen) atoms. The maximum absolute atomic E-state index is 10.9. The lowest BCUT2D eigenvalue weighted by molar-refractivity contribution is 0.0334. The van der Waals surface area contributed by atoms with Crippen molar-refractivity contribution in [3.8, 4) is 0 Å². The minimum Gasteiger partial charge on any atom is -0.374 e. The van der Waals surface area contributed by atoms with Crippen LogP contribution in [-0.4, -0.2) is 20.8 Å². The second kappa shape index (κ2) is 7.61. The van der Waals surface area contributed by atoms with E-state index < -0.39 is 9.05 Å². The molecule has 0 fully saturated rings. The highest BCUT2D eigenvalue weighted by Crippen LogP contribution is 2.32. The van der Waals surface area contributed by atoms with Crippen molar-refractivity contribution in [3.05, 3.63) is 35.4 Å². The maximum atomic E-state index is 10.9. The molecule has 0 amide bonds. The zero-order valence-electron chi connectivity index (χ0n) is 12.4. The first-order chi connectivity index (χ1) is 9.96. The molecular weight excluding hydrogens is 308 g/mol. The number of fused-ring (bicyclic) bond motifs is 1. The van der Waals surface area contributed by atoms with E-state index in [9.17, 15) is 8.42 Å². The zero-order chi connectivity index (χ0) is 15.3. The summed E-state index contributed by atoms with van der Waals surface area (Å²) in [5.74, 6) is 0.347. The molecule has 2 unspecified atom stereocenters. The summed E-state index contributed by atoms with van der Waals surface area (Å²) >= 11 is 0. The summed E-state index contributed by atoms with van der Waals surface area (Å²) in [4.78, 5) is 0. The van der Waals surface area contributed by atoms with Gasteiger partial charge in [0.05, 0.1) is 11.9 Å². The molecule has 0 N–H and O–H groups in total. The van der Waals surface area contributed by atoms with Crippen LogP contribution in [0.4, 0.5) is 0 Å². The zero-order valence-corrected chi connectivity index (χ0v) is 14.0. The van der Waals surface area contributed by atoms with E-state index in [1.54, 1.807) is 0 Å². The fraction of sp³-hybridized carbons (Fsp3) is 0.625. The molecule has 118 valence electrons. The van der Waals surface area contributed by atoms with Crippen LogP contribution in [0.3, 0.4) is 0 Å². The molecule has 1 aliphatic rings. The van der Waals surface area contributed by atoms with Gasteiger partial charge in [-0.05, 0) is 49.1 Å². The standard InChI is InChI=1S/C16H23ClO3S/c1-13(10-12-21(17,18)19)9-11-20-16-8-4-6-14-5-2-3-7-15(14)16/h2-3,5,7,13,16H,4,6,8-12H2,1H3. The Morgan fingerprint density at radius 1 is 1.33 bits per heavy atom. The second-order valence-corrected chi connectivity index (χ2v) is 8.77. The van der Waals surface area contributed by atoms with Crippen molar-refractivity contribution < 1.29 is 13.2 Å². The summed E-state index contributed by atoms with van der Waals surface area (Å²) in [5.41, 5.74) is 2.72. The molecule has 1 aromatic rings. The molecule has 2 rings (SSSR count). The van der Waals surface area contributed by atoms with Gasteiger partial charge >= 0.3 is 0 Å². The first-order valence-electron chi connectivity index (χ1n) is 7.57. The van der Waals surface area contributed by atoms with Crippen molar-refractivity contribution >= 4 is 19.7 Å². The third kappa shape index (κ3) is 5.61. The van der Waals surface area contributed by atoms with E-state index in [0.29, 0.717) is 18.9 Å². The van der Waals surface area contributed by atoms with Crippen LogP contribution in [0.15, 0.2) is 24.3 Å². The van der Waals surface area contributed by atoms with Gasteiger partial charge in [0.15, 0.2) is 0 Å². The van der Waals surface area contributed by atoms with Gasteiger partial charge in [-0.25, -0.2) is 8.42 Å². The number of benzene rings is 1. The molecule has 0 heterocycles. The van der Waals surface area contributed by atoms with Gasteiger partial charge in [-0.2, -0.15) is 0 Å². The van der Waals surface area contributed by atoms with Gasteiger partial charge in [-0.15, -0.1) is 0 Å².